The lowest BCUT2D eigenvalue weighted by Crippen LogP contribution is -2.05. The molecule has 0 aliphatic rings. The Labute approximate surface area is 57.8 Å². The summed E-state index contributed by atoms with van der Waals surface area (Å²) in [7, 11) is 0. The molecule has 0 aliphatic carbocycles. The molecule has 0 aromatic rings. The quantitative estimate of drug-likeness (QED) is 0.582. The van der Waals surface area contributed by atoms with Crippen LogP contribution >= 0.6 is 24.0 Å². The minimum Gasteiger partial charge on any atom is -0.385 e. The third kappa shape index (κ3) is 5.91. The molecule has 0 heterocycles. The second-order valence-electron chi connectivity index (χ2n) is 1.31. The molecule has 0 saturated heterocycles. The van der Waals surface area contributed by atoms with Gasteiger partial charge in [-0.2, -0.15) is 0 Å². The van der Waals surface area contributed by atoms with E-state index in [9.17, 15) is 4.79 Å². The zero-order valence-electron chi connectivity index (χ0n) is 4.51. The van der Waals surface area contributed by atoms with Crippen LogP contribution in [0.3, 0.4) is 0 Å². The van der Waals surface area contributed by atoms with Crippen molar-refractivity contribution in [3.63, 3.8) is 0 Å². The monoisotopic (exact) mass is 149 g/mol. The molecule has 8 heavy (non-hydrogen) atoms. The molecule has 0 aromatic heterocycles. The average Bonchev–Trinajstić information content (AvgIpc) is 1.61. The van der Waals surface area contributed by atoms with Gasteiger partial charge < -0.3 is 5.73 Å². The predicted molar refractivity (Wildman–Crippen MR) is 39.9 cm³/mol. The Bertz CT molecular complexity index is 98.6. The standard InChI is InChI=1S/C4H7NOS2/c1-3(6)2-8-4(5)7/h2H2,1H3,(H2,5,7). The molecule has 0 bridgehead atoms. The lowest BCUT2D eigenvalue weighted by molar-refractivity contribution is -0.114. The Hall–Kier alpha value is -0.0900. The van der Waals surface area contributed by atoms with Gasteiger partial charge in [0, 0.05) is 0 Å². The first-order chi connectivity index (χ1) is 3.63. The van der Waals surface area contributed by atoms with Gasteiger partial charge in [0.05, 0.1) is 5.75 Å². The van der Waals surface area contributed by atoms with E-state index in [1.807, 2.05) is 0 Å². The Balaban J connectivity index is 3.18. The number of ketones is 1. The van der Waals surface area contributed by atoms with E-state index in [0.29, 0.717) is 10.1 Å². The van der Waals surface area contributed by atoms with Crippen molar-refractivity contribution < 1.29 is 4.79 Å². The second-order valence-corrected chi connectivity index (χ2v) is 3.03. The number of carbonyl (C=O) groups is 1. The van der Waals surface area contributed by atoms with Crippen LogP contribution in [0.2, 0.25) is 0 Å². The molecule has 0 amide bonds. The number of hydrogen-bond donors (Lipinski definition) is 1. The fourth-order valence-electron chi connectivity index (χ4n) is 0.173. The lowest BCUT2D eigenvalue weighted by Gasteiger charge is -1.90. The van der Waals surface area contributed by atoms with Crippen LogP contribution < -0.4 is 5.73 Å². The number of hydrogen-bond acceptors (Lipinski definition) is 3. The first-order valence-electron chi connectivity index (χ1n) is 2.04. The zero-order valence-corrected chi connectivity index (χ0v) is 6.14. The molecule has 2 nitrogen and oxygen atoms in total. The van der Waals surface area contributed by atoms with Crippen molar-refractivity contribution >= 4 is 34.1 Å². The maximum Gasteiger partial charge on any atom is 0.140 e. The molecule has 0 saturated carbocycles. The summed E-state index contributed by atoms with van der Waals surface area (Å²) >= 11 is 5.70. The molecule has 0 atom stereocenters. The van der Waals surface area contributed by atoms with Crippen LogP contribution in [0.1, 0.15) is 6.92 Å². The normalized spacial score (nSPS) is 8.62. The lowest BCUT2D eigenvalue weighted by atomic mass is 10.5. The highest BCUT2D eigenvalue weighted by Gasteiger charge is 1.93. The molecule has 0 spiro atoms. The van der Waals surface area contributed by atoms with Crippen molar-refractivity contribution in [1.82, 2.24) is 0 Å². The number of carbonyl (C=O) groups excluding carboxylic acids is 1. The molecule has 0 aliphatic heterocycles. The average molecular weight is 149 g/mol. The van der Waals surface area contributed by atoms with E-state index in [-0.39, 0.29) is 5.78 Å². The fourth-order valence-corrected chi connectivity index (χ4v) is 0.695. The summed E-state index contributed by atoms with van der Waals surface area (Å²) < 4.78 is 0.334. The van der Waals surface area contributed by atoms with Gasteiger partial charge >= 0.3 is 0 Å². The van der Waals surface area contributed by atoms with Crippen LogP contribution in [-0.4, -0.2) is 15.9 Å². The molecule has 4 heteroatoms. The van der Waals surface area contributed by atoms with Crippen molar-refractivity contribution in [3.05, 3.63) is 0 Å². The maximum absolute atomic E-state index is 10.2. The van der Waals surface area contributed by atoms with Gasteiger partial charge in [0.25, 0.3) is 0 Å². The Morgan fingerprint density at radius 3 is 2.50 bits per heavy atom. The largest absolute Gasteiger partial charge is 0.385 e. The maximum atomic E-state index is 10.2. The number of nitrogens with two attached hydrogens (primary N) is 1. The Morgan fingerprint density at radius 2 is 2.38 bits per heavy atom. The van der Waals surface area contributed by atoms with E-state index in [0.717, 1.165) is 0 Å². The van der Waals surface area contributed by atoms with E-state index < -0.39 is 0 Å². The zero-order chi connectivity index (χ0) is 6.57. The van der Waals surface area contributed by atoms with Crippen LogP contribution in [0.15, 0.2) is 0 Å². The van der Waals surface area contributed by atoms with Crippen molar-refractivity contribution in [3.8, 4) is 0 Å². The summed E-state index contributed by atoms with van der Waals surface area (Å²) in [4.78, 5) is 10.2. The molecule has 0 rings (SSSR count). The van der Waals surface area contributed by atoms with Crippen molar-refractivity contribution in [2.24, 2.45) is 5.73 Å². The van der Waals surface area contributed by atoms with Gasteiger partial charge in [0.1, 0.15) is 10.1 Å². The highest BCUT2D eigenvalue weighted by atomic mass is 32.2. The molecule has 0 aromatic carbocycles. The summed E-state index contributed by atoms with van der Waals surface area (Å²) in [5.74, 6) is 0.498. The van der Waals surface area contributed by atoms with Crippen LogP contribution in [0.4, 0.5) is 0 Å². The first-order valence-corrected chi connectivity index (χ1v) is 3.44. The van der Waals surface area contributed by atoms with Gasteiger partial charge in [0.2, 0.25) is 0 Å². The molecular formula is C4H7NOS2. The van der Waals surface area contributed by atoms with E-state index in [1.54, 1.807) is 0 Å². The van der Waals surface area contributed by atoms with Crippen LogP contribution in [0.5, 0.6) is 0 Å². The molecule has 46 valence electrons. The highest BCUT2D eigenvalue weighted by Crippen LogP contribution is 1.97. The number of thioether (sulfide) groups is 1. The summed E-state index contributed by atoms with van der Waals surface area (Å²) in [6, 6.07) is 0. The summed E-state index contributed by atoms with van der Waals surface area (Å²) in [6.45, 7) is 1.51. The van der Waals surface area contributed by atoms with Crippen LogP contribution in [0, 0.1) is 0 Å². The van der Waals surface area contributed by atoms with Gasteiger partial charge in [-0.3, -0.25) is 4.79 Å². The summed E-state index contributed by atoms with van der Waals surface area (Å²) in [5.41, 5.74) is 5.08. The number of Topliss-reactive ketones (excluding diaryl/α,β-unsaturated/α-hetero) is 1. The molecule has 0 fully saturated rings. The first kappa shape index (κ1) is 7.91. The second kappa shape index (κ2) is 3.86. The van der Waals surface area contributed by atoms with Gasteiger partial charge in [-0.1, -0.05) is 24.0 Å². The third-order valence-electron chi connectivity index (χ3n) is 0.418. The van der Waals surface area contributed by atoms with Gasteiger partial charge in [-0.05, 0) is 6.92 Å². The van der Waals surface area contributed by atoms with E-state index in [1.165, 1.54) is 18.7 Å². The molecule has 0 radical (unpaired) electrons. The van der Waals surface area contributed by atoms with Crippen molar-refractivity contribution in [1.29, 1.82) is 0 Å². The van der Waals surface area contributed by atoms with E-state index >= 15 is 0 Å². The summed E-state index contributed by atoms with van der Waals surface area (Å²) in [6.07, 6.45) is 0. The van der Waals surface area contributed by atoms with Crippen LogP contribution in [-0.2, 0) is 4.79 Å². The Morgan fingerprint density at radius 1 is 1.88 bits per heavy atom. The third-order valence-corrected chi connectivity index (χ3v) is 1.61. The topological polar surface area (TPSA) is 43.1 Å². The van der Waals surface area contributed by atoms with Crippen molar-refractivity contribution in [2.45, 2.75) is 6.92 Å². The smallest absolute Gasteiger partial charge is 0.140 e. The van der Waals surface area contributed by atoms with E-state index in [2.05, 4.69) is 12.2 Å². The SMILES string of the molecule is CC(=O)CSC(N)=S. The fraction of sp³-hybridized carbons (Fsp3) is 0.500. The minimum atomic E-state index is 0.0998. The van der Waals surface area contributed by atoms with Gasteiger partial charge in [-0.15, -0.1) is 0 Å². The Kier molecular flexibility index (Phi) is 3.81. The predicted octanol–water partition coefficient (Wildman–Crippen LogP) is 0.552. The summed E-state index contributed by atoms with van der Waals surface area (Å²) in [5, 5.41) is 0. The van der Waals surface area contributed by atoms with Gasteiger partial charge in [-0.25, -0.2) is 0 Å². The molecular weight excluding hydrogens is 142 g/mol. The molecule has 0 unspecified atom stereocenters. The number of rotatable bonds is 2. The minimum absolute atomic E-state index is 0.0998. The van der Waals surface area contributed by atoms with Crippen LogP contribution in [0.25, 0.3) is 0 Å². The number of thiocarbonyl (C=S) groups is 1. The van der Waals surface area contributed by atoms with Gasteiger partial charge in [0.15, 0.2) is 0 Å². The van der Waals surface area contributed by atoms with Crippen molar-refractivity contribution in [2.75, 3.05) is 5.75 Å². The van der Waals surface area contributed by atoms with E-state index in [4.69, 9.17) is 5.73 Å². The highest BCUT2D eigenvalue weighted by molar-refractivity contribution is 8.23. The molecule has 2 N–H and O–H groups in total.